The van der Waals surface area contributed by atoms with E-state index in [0.717, 1.165) is 5.56 Å². The molecule has 0 aliphatic heterocycles. The highest BCUT2D eigenvalue weighted by atomic mass is 16.5. The van der Waals surface area contributed by atoms with Gasteiger partial charge in [-0.1, -0.05) is 24.3 Å². The number of hydrogen-bond acceptors (Lipinski definition) is 4. The van der Waals surface area contributed by atoms with E-state index < -0.39 is 18.0 Å². The molecule has 120 valence electrons. The first-order valence-electron chi connectivity index (χ1n) is 7.23. The van der Waals surface area contributed by atoms with Crippen molar-refractivity contribution in [2.45, 2.75) is 20.0 Å². The van der Waals surface area contributed by atoms with E-state index in [1.807, 2.05) is 19.1 Å². The van der Waals surface area contributed by atoms with Crippen molar-refractivity contribution in [2.24, 2.45) is 0 Å². The molecule has 0 aliphatic rings. The van der Waals surface area contributed by atoms with Crippen molar-refractivity contribution in [3.63, 3.8) is 0 Å². The van der Waals surface area contributed by atoms with Crippen LogP contribution in [-0.2, 0) is 9.53 Å². The molecule has 1 N–H and O–H groups in total. The van der Waals surface area contributed by atoms with E-state index >= 15 is 0 Å². The highest BCUT2D eigenvalue weighted by molar-refractivity contribution is 5.97. The first kappa shape index (κ1) is 16.5. The molecule has 5 heteroatoms. The second kappa shape index (κ2) is 7.45. The first-order valence-corrected chi connectivity index (χ1v) is 7.23. The van der Waals surface area contributed by atoms with Gasteiger partial charge in [0.25, 0.3) is 5.91 Å². The lowest BCUT2D eigenvalue weighted by Crippen LogP contribution is -2.30. The van der Waals surface area contributed by atoms with Gasteiger partial charge in [0.2, 0.25) is 0 Å². The number of methoxy groups -OCH3 is 1. The van der Waals surface area contributed by atoms with E-state index in [0.29, 0.717) is 17.0 Å². The van der Waals surface area contributed by atoms with Gasteiger partial charge in [0.05, 0.1) is 12.7 Å². The third kappa shape index (κ3) is 4.32. The van der Waals surface area contributed by atoms with Crippen LogP contribution in [0.15, 0.2) is 48.5 Å². The minimum Gasteiger partial charge on any atom is -0.497 e. The lowest BCUT2D eigenvalue weighted by molar-refractivity contribution is -0.123. The molecule has 2 aromatic carbocycles. The van der Waals surface area contributed by atoms with Crippen molar-refractivity contribution in [3.8, 4) is 5.75 Å². The van der Waals surface area contributed by atoms with Crippen molar-refractivity contribution in [3.05, 3.63) is 59.7 Å². The SMILES string of the molecule is COc1cccc(NC(=O)[C@@H](C)OC(=O)c2ccccc2C)c1. The Hall–Kier alpha value is -2.82. The van der Waals surface area contributed by atoms with Crippen LogP contribution in [-0.4, -0.2) is 25.1 Å². The zero-order valence-corrected chi connectivity index (χ0v) is 13.3. The van der Waals surface area contributed by atoms with Gasteiger partial charge in [-0.2, -0.15) is 0 Å². The Morgan fingerprint density at radius 1 is 1.09 bits per heavy atom. The third-order valence-electron chi connectivity index (χ3n) is 3.36. The zero-order chi connectivity index (χ0) is 16.8. The van der Waals surface area contributed by atoms with E-state index in [9.17, 15) is 9.59 Å². The fraction of sp³-hybridized carbons (Fsp3) is 0.222. The quantitative estimate of drug-likeness (QED) is 0.861. The lowest BCUT2D eigenvalue weighted by Gasteiger charge is -2.14. The van der Waals surface area contributed by atoms with E-state index in [1.54, 1.807) is 43.5 Å². The molecule has 2 rings (SSSR count). The lowest BCUT2D eigenvalue weighted by atomic mass is 10.1. The Morgan fingerprint density at radius 3 is 2.52 bits per heavy atom. The highest BCUT2D eigenvalue weighted by Crippen LogP contribution is 2.17. The van der Waals surface area contributed by atoms with Crippen molar-refractivity contribution in [2.75, 3.05) is 12.4 Å². The van der Waals surface area contributed by atoms with Crippen LogP contribution >= 0.6 is 0 Å². The molecule has 23 heavy (non-hydrogen) atoms. The summed E-state index contributed by atoms with van der Waals surface area (Å²) in [4.78, 5) is 24.2. The summed E-state index contributed by atoms with van der Waals surface area (Å²) < 4.78 is 10.3. The molecule has 0 saturated carbocycles. The monoisotopic (exact) mass is 313 g/mol. The average molecular weight is 313 g/mol. The number of carbonyl (C=O) groups is 2. The summed E-state index contributed by atoms with van der Waals surface area (Å²) in [6.07, 6.45) is -0.909. The molecule has 0 radical (unpaired) electrons. The molecule has 1 atom stereocenters. The molecular weight excluding hydrogens is 294 g/mol. The standard InChI is InChI=1S/C18H19NO4/c1-12-7-4-5-10-16(12)18(21)23-13(2)17(20)19-14-8-6-9-15(11-14)22-3/h4-11,13H,1-3H3,(H,19,20)/t13-/m1/s1. The Labute approximate surface area is 135 Å². The first-order chi connectivity index (χ1) is 11.0. The van der Waals surface area contributed by atoms with Gasteiger partial charge in [0.1, 0.15) is 5.75 Å². The summed E-state index contributed by atoms with van der Waals surface area (Å²) in [5.41, 5.74) is 1.83. The molecule has 0 unspecified atom stereocenters. The van der Waals surface area contributed by atoms with Gasteiger partial charge in [-0.05, 0) is 37.6 Å². The fourth-order valence-electron chi connectivity index (χ4n) is 2.02. The predicted molar refractivity (Wildman–Crippen MR) is 87.7 cm³/mol. The van der Waals surface area contributed by atoms with Crippen LogP contribution in [0.1, 0.15) is 22.8 Å². The maximum atomic E-state index is 12.1. The van der Waals surface area contributed by atoms with E-state index in [1.165, 1.54) is 6.92 Å². The summed E-state index contributed by atoms with van der Waals surface area (Å²) in [6, 6.07) is 14.0. The Kier molecular flexibility index (Phi) is 5.36. The number of esters is 1. The number of hydrogen-bond donors (Lipinski definition) is 1. The number of aryl methyl sites for hydroxylation is 1. The van der Waals surface area contributed by atoms with Gasteiger partial charge in [-0.3, -0.25) is 4.79 Å². The molecule has 0 heterocycles. The predicted octanol–water partition coefficient (Wildman–Crippen LogP) is 3.19. The number of nitrogens with one attached hydrogen (secondary N) is 1. The van der Waals surface area contributed by atoms with Gasteiger partial charge in [0, 0.05) is 11.8 Å². The second-order valence-electron chi connectivity index (χ2n) is 5.08. The summed E-state index contributed by atoms with van der Waals surface area (Å²) in [6.45, 7) is 3.35. The van der Waals surface area contributed by atoms with Gasteiger partial charge < -0.3 is 14.8 Å². The van der Waals surface area contributed by atoms with Crippen LogP contribution in [0.4, 0.5) is 5.69 Å². The van der Waals surface area contributed by atoms with Crippen LogP contribution in [0, 0.1) is 6.92 Å². The molecule has 0 aliphatic carbocycles. The number of amides is 1. The fourth-order valence-corrected chi connectivity index (χ4v) is 2.02. The Balaban J connectivity index is 1.99. The normalized spacial score (nSPS) is 11.4. The Bertz CT molecular complexity index is 712. The van der Waals surface area contributed by atoms with Gasteiger partial charge in [-0.15, -0.1) is 0 Å². The largest absolute Gasteiger partial charge is 0.497 e. The summed E-state index contributed by atoms with van der Waals surface area (Å²) in [7, 11) is 1.55. The van der Waals surface area contributed by atoms with E-state index in [4.69, 9.17) is 9.47 Å². The molecule has 0 fully saturated rings. The van der Waals surface area contributed by atoms with Crippen molar-refractivity contribution >= 4 is 17.6 Å². The van der Waals surface area contributed by atoms with Crippen LogP contribution in [0.2, 0.25) is 0 Å². The van der Waals surface area contributed by atoms with Crippen LogP contribution in [0.5, 0.6) is 5.75 Å². The van der Waals surface area contributed by atoms with Crippen LogP contribution < -0.4 is 10.1 Å². The summed E-state index contributed by atoms with van der Waals surface area (Å²) in [5.74, 6) is -0.288. The number of ether oxygens (including phenoxy) is 2. The number of carbonyl (C=O) groups excluding carboxylic acids is 2. The molecule has 1 amide bonds. The molecule has 0 saturated heterocycles. The highest BCUT2D eigenvalue weighted by Gasteiger charge is 2.20. The molecule has 0 aromatic heterocycles. The maximum Gasteiger partial charge on any atom is 0.339 e. The van der Waals surface area contributed by atoms with Gasteiger partial charge in [-0.25, -0.2) is 4.79 Å². The molecule has 0 bridgehead atoms. The van der Waals surface area contributed by atoms with E-state index in [-0.39, 0.29) is 0 Å². The molecular formula is C18H19NO4. The van der Waals surface area contributed by atoms with Crippen molar-refractivity contribution in [1.82, 2.24) is 0 Å². The minimum atomic E-state index is -0.909. The van der Waals surface area contributed by atoms with Crippen molar-refractivity contribution in [1.29, 1.82) is 0 Å². The number of benzene rings is 2. The molecule has 5 nitrogen and oxygen atoms in total. The zero-order valence-electron chi connectivity index (χ0n) is 13.3. The van der Waals surface area contributed by atoms with Gasteiger partial charge >= 0.3 is 5.97 Å². The van der Waals surface area contributed by atoms with Crippen LogP contribution in [0.25, 0.3) is 0 Å². The van der Waals surface area contributed by atoms with Crippen molar-refractivity contribution < 1.29 is 19.1 Å². The van der Waals surface area contributed by atoms with Crippen LogP contribution in [0.3, 0.4) is 0 Å². The minimum absolute atomic E-state index is 0.403. The summed E-state index contributed by atoms with van der Waals surface area (Å²) >= 11 is 0. The van der Waals surface area contributed by atoms with Gasteiger partial charge in [0.15, 0.2) is 6.10 Å². The third-order valence-corrected chi connectivity index (χ3v) is 3.36. The smallest absolute Gasteiger partial charge is 0.339 e. The maximum absolute atomic E-state index is 12.1. The van der Waals surface area contributed by atoms with E-state index in [2.05, 4.69) is 5.32 Å². The number of rotatable bonds is 5. The topological polar surface area (TPSA) is 64.6 Å². The molecule has 0 spiro atoms. The number of anilines is 1. The molecule has 2 aromatic rings. The average Bonchev–Trinajstić information content (AvgIpc) is 2.55. The summed E-state index contributed by atoms with van der Waals surface area (Å²) in [5, 5.41) is 2.69. The second-order valence-corrected chi connectivity index (χ2v) is 5.08. The Morgan fingerprint density at radius 2 is 1.83 bits per heavy atom.